The molecular weight excluding hydrogens is 308 g/mol. The minimum Gasteiger partial charge on any atom is -0.481 e. The van der Waals surface area contributed by atoms with Gasteiger partial charge in [-0.05, 0) is 51.9 Å². The van der Waals surface area contributed by atoms with Crippen LogP contribution in [-0.4, -0.2) is 46.9 Å². The molecule has 24 heavy (non-hydrogen) atoms. The van der Waals surface area contributed by atoms with Crippen molar-refractivity contribution in [2.75, 3.05) is 13.1 Å². The Bertz CT molecular complexity index is 495. The summed E-state index contributed by atoms with van der Waals surface area (Å²) in [7, 11) is 0. The van der Waals surface area contributed by atoms with Crippen molar-refractivity contribution in [1.82, 2.24) is 10.2 Å². The molecule has 0 aromatic rings. The zero-order valence-electron chi connectivity index (χ0n) is 15.0. The maximum absolute atomic E-state index is 12.3. The van der Waals surface area contributed by atoms with Crippen molar-refractivity contribution in [1.29, 1.82) is 0 Å². The Morgan fingerprint density at radius 2 is 1.88 bits per heavy atom. The lowest BCUT2D eigenvalue weighted by Crippen LogP contribution is -2.40. The van der Waals surface area contributed by atoms with Gasteiger partial charge in [-0.15, -0.1) is 0 Å². The van der Waals surface area contributed by atoms with E-state index < -0.39 is 11.4 Å². The molecule has 1 atom stereocenters. The molecule has 6 nitrogen and oxygen atoms in total. The highest BCUT2D eigenvalue weighted by Crippen LogP contribution is 2.31. The lowest BCUT2D eigenvalue weighted by molar-refractivity contribution is -0.147. The van der Waals surface area contributed by atoms with Gasteiger partial charge in [0.1, 0.15) is 0 Å². The van der Waals surface area contributed by atoms with Crippen LogP contribution in [0.2, 0.25) is 0 Å². The molecule has 0 radical (unpaired) electrons. The molecule has 136 valence electrons. The summed E-state index contributed by atoms with van der Waals surface area (Å²) in [6, 6.07) is 0.289. The standard InChI is InChI=1S/C18H30N2O4/c1-12-4-6-14(7-5-12)20-11-13(10-15(20)21)16(22)19-9-8-18(2,3)17(23)24/h12-14H,4-11H2,1-3H3,(H,19,22)(H,23,24). The van der Waals surface area contributed by atoms with E-state index in [1.807, 2.05) is 4.90 Å². The first-order chi connectivity index (χ1) is 11.2. The number of carboxylic acid groups (broad SMARTS) is 1. The highest BCUT2D eigenvalue weighted by molar-refractivity contribution is 5.89. The van der Waals surface area contributed by atoms with Gasteiger partial charge in [0.25, 0.3) is 0 Å². The van der Waals surface area contributed by atoms with Gasteiger partial charge in [-0.2, -0.15) is 0 Å². The fourth-order valence-corrected chi connectivity index (χ4v) is 3.56. The minimum absolute atomic E-state index is 0.0839. The predicted octanol–water partition coefficient (Wildman–Crippen LogP) is 2.03. The molecule has 2 rings (SSSR count). The first-order valence-corrected chi connectivity index (χ1v) is 9.01. The molecule has 0 aromatic carbocycles. The second-order valence-corrected chi connectivity index (χ2v) is 8.09. The Kier molecular flexibility index (Phi) is 5.88. The zero-order chi connectivity index (χ0) is 17.9. The average Bonchev–Trinajstić information content (AvgIpc) is 2.89. The molecule has 0 spiro atoms. The number of nitrogens with zero attached hydrogens (tertiary/aromatic N) is 1. The van der Waals surface area contributed by atoms with Crippen LogP contribution < -0.4 is 5.32 Å². The van der Waals surface area contributed by atoms with Crippen molar-refractivity contribution in [3.05, 3.63) is 0 Å². The number of aliphatic carboxylic acids is 1. The fourth-order valence-electron chi connectivity index (χ4n) is 3.56. The Balaban J connectivity index is 1.80. The van der Waals surface area contributed by atoms with Crippen LogP contribution in [0.15, 0.2) is 0 Å². The Morgan fingerprint density at radius 3 is 2.46 bits per heavy atom. The quantitative estimate of drug-likeness (QED) is 0.776. The van der Waals surface area contributed by atoms with Gasteiger partial charge in [0.2, 0.25) is 11.8 Å². The van der Waals surface area contributed by atoms with E-state index in [4.69, 9.17) is 5.11 Å². The van der Waals surface area contributed by atoms with Crippen LogP contribution in [0.3, 0.4) is 0 Å². The highest BCUT2D eigenvalue weighted by Gasteiger charge is 2.38. The summed E-state index contributed by atoms with van der Waals surface area (Å²) < 4.78 is 0. The topological polar surface area (TPSA) is 86.7 Å². The van der Waals surface area contributed by atoms with E-state index in [1.54, 1.807) is 13.8 Å². The second-order valence-electron chi connectivity index (χ2n) is 8.09. The van der Waals surface area contributed by atoms with Crippen LogP contribution in [0.5, 0.6) is 0 Å². The normalized spacial score (nSPS) is 28.0. The fraction of sp³-hybridized carbons (Fsp3) is 0.833. The van der Waals surface area contributed by atoms with Crippen molar-refractivity contribution in [2.24, 2.45) is 17.3 Å². The molecule has 1 heterocycles. The maximum Gasteiger partial charge on any atom is 0.309 e. The average molecular weight is 338 g/mol. The van der Waals surface area contributed by atoms with Gasteiger partial charge in [-0.3, -0.25) is 14.4 Å². The number of carbonyl (C=O) groups is 3. The third-order valence-electron chi connectivity index (χ3n) is 5.58. The van der Waals surface area contributed by atoms with E-state index >= 15 is 0 Å². The van der Waals surface area contributed by atoms with Crippen LogP contribution in [0, 0.1) is 17.3 Å². The number of rotatable bonds is 6. The minimum atomic E-state index is -0.870. The molecule has 1 saturated heterocycles. The lowest BCUT2D eigenvalue weighted by atomic mass is 9.86. The van der Waals surface area contributed by atoms with Gasteiger partial charge < -0.3 is 15.3 Å². The van der Waals surface area contributed by atoms with Gasteiger partial charge >= 0.3 is 5.97 Å². The molecule has 1 aliphatic carbocycles. The van der Waals surface area contributed by atoms with Gasteiger partial charge in [0.15, 0.2) is 0 Å². The van der Waals surface area contributed by atoms with Gasteiger partial charge in [0.05, 0.1) is 11.3 Å². The number of hydrogen-bond acceptors (Lipinski definition) is 3. The third-order valence-corrected chi connectivity index (χ3v) is 5.58. The van der Waals surface area contributed by atoms with Crippen LogP contribution >= 0.6 is 0 Å². The van der Waals surface area contributed by atoms with Gasteiger partial charge in [0, 0.05) is 25.6 Å². The van der Waals surface area contributed by atoms with Gasteiger partial charge in [-0.25, -0.2) is 0 Å². The largest absolute Gasteiger partial charge is 0.481 e. The number of amides is 2. The molecule has 1 unspecified atom stereocenters. The molecular formula is C18H30N2O4. The molecule has 1 saturated carbocycles. The summed E-state index contributed by atoms with van der Waals surface area (Å²) in [5.41, 5.74) is -0.858. The van der Waals surface area contributed by atoms with Crippen molar-refractivity contribution in [2.45, 2.75) is 65.3 Å². The van der Waals surface area contributed by atoms with Crippen molar-refractivity contribution < 1.29 is 19.5 Å². The first-order valence-electron chi connectivity index (χ1n) is 9.01. The molecule has 6 heteroatoms. The number of carbonyl (C=O) groups excluding carboxylic acids is 2. The summed E-state index contributed by atoms with van der Waals surface area (Å²) in [4.78, 5) is 37.5. The molecule has 1 aliphatic heterocycles. The van der Waals surface area contributed by atoms with Crippen molar-refractivity contribution in [3.8, 4) is 0 Å². The summed E-state index contributed by atoms with van der Waals surface area (Å²) >= 11 is 0. The molecule has 2 N–H and O–H groups in total. The lowest BCUT2D eigenvalue weighted by Gasteiger charge is -2.33. The zero-order valence-corrected chi connectivity index (χ0v) is 15.0. The second kappa shape index (κ2) is 7.53. The highest BCUT2D eigenvalue weighted by atomic mass is 16.4. The monoisotopic (exact) mass is 338 g/mol. The Morgan fingerprint density at radius 1 is 1.25 bits per heavy atom. The summed E-state index contributed by atoms with van der Waals surface area (Å²) in [5, 5.41) is 11.9. The van der Waals surface area contributed by atoms with E-state index in [1.165, 1.54) is 0 Å². The number of nitrogens with one attached hydrogen (secondary N) is 1. The molecule has 0 aromatic heterocycles. The van der Waals surface area contributed by atoms with Crippen molar-refractivity contribution in [3.63, 3.8) is 0 Å². The van der Waals surface area contributed by atoms with E-state index in [-0.39, 0.29) is 30.2 Å². The molecule has 0 bridgehead atoms. The Hall–Kier alpha value is -1.59. The number of hydrogen-bond donors (Lipinski definition) is 2. The van der Waals surface area contributed by atoms with Crippen molar-refractivity contribution >= 4 is 17.8 Å². The number of carboxylic acids is 1. The Labute approximate surface area is 144 Å². The van der Waals surface area contributed by atoms with E-state index in [0.717, 1.165) is 31.6 Å². The summed E-state index contributed by atoms with van der Waals surface area (Å²) in [5.74, 6) is -0.484. The van der Waals surface area contributed by atoms with Crippen LogP contribution in [-0.2, 0) is 14.4 Å². The molecule has 2 aliphatic rings. The van der Waals surface area contributed by atoms with E-state index in [2.05, 4.69) is 12.2 Å². The summed E-state index contributed by atoms with van der Waals surface area (Å²) in [6.45, 7) is 6.37. The van der Waals surface area contributed by atoms with E-state index in [0.29, 0.717) is 19.5 Å². The number of likely N-dealkylation sites (tertiary alicyclic amines) is 1. The van der Waals surface area contributed by atoms with Crippen LogP contribution in [0.4, 0.5) is 0 Å². The van der Waals surface area contributed by atoms with Crippen LogP contribution in [0.25, 0.3) is 0 Å². The molecule has 2 amide bonds. The van der Waals surface area contributed by atoms with Gasteiger partial charge in [-0.1, -0.05) is 6.92 Å². The SMILES string of the molecule is CC1CCC(N2CC(C(=O)NCCC(C)(C)C(=O)O)CC2=O)CC1. The smallest absolute Gasteiger partial charge is 0.309 e. The summed E-state index contributed by atoms with van der Waals surface area (Å²) in [6.07, 6.45) is 5.02. The third kappa shape index (κ3) is 4.48. The van der Waals surface area contributed by atoms with E-state index in [9.17, 15) is 14.4 Å². The maximum atomic E-state index is 12.3. The predicted molar refractivity (Wildman–Crippen MR) is 90.3 cm³/mol. The van der Waals surface area contributed by atoms with Crippen LogP contribution in [0.1, 0.15) is 59.3 Å². The molecule has 2 fully saturated rings. The first kappa shape index (κ1) is 18.7.